The largest absolute Gasteiger partial charge is 0.464 e. The summed E-state index contributed by atoms with van der Waals surface area (Å²) in [4.78, 5) is 30.7. The van der Waals surface area contributed by atoms with Crippen LogP contribution in [0.3, 0.4) is 0 Å². The normalized spacial score (nSPS) is 13.8. The maximum Gasteiger partial charge on any atom is 0.322 e. The molecule has 0 atom stereocenters. The molecule has 1 N–H and O–H groups in total. The van der Waals surface area contributed by atoms with Crippen molar-refractivity contribution >= 4 is 17.6 Å². The number of carbonyl (C=O) groups is 2. The highest BCUT2D eigenvalue weighted by molar-refractivity contribution is 5.92. The molecule has 0 unspecified atom stereocenters. The molecule has 4 rings (SSSR count). The van der Waals surface area contributed by atoms with Crippen LogP contribution in [0.2, 0.25) is 0 Å². The van der Waals surface area contributed by atoms with E-state index in [1.54, 1.807) is 4.90 Å². The van der Waals surface area contributed by atoms with Crippen LogP contribution in [0.1, 0.15) is 54.8 Å². The number of amides is 3. The van der Waals surface area contributed by atoms with Crippen molar-refractivity contribution in [3.63, 3.8) is 0 Å². The highest BCUT2D eigenvalue weighted by Gasteiger charge is 2.29. The van der Waals surface area contributed by atoms with Crippen LogP contribution in [0.4, 0.5) is 10.5 Å². The predicted molar refractivity (Wildman–Crippen MR) is 143 cm³/mol. The van der Waals surface area contributed by atoms with Gasteiger partial charge >= 0.3 is 6.03 Å². The summed E-state index contributed by atoms with van der Waals surface area (Å²) in [5, 5.41) is 3.02. The molecule has 2 aromatic carbocycles. The van der Waals surface area contributed by atoms with E-state index in [1.807, 2.05) is 73.3 Å². The third-order valence-electron chi connectivity index (χ3n) is 6.89. The van der Waals surface area contributed by atoms with Crippen LogP contribution in [-0.2, 0) is 17.8 Å². The molecule has 1 saturated carbocycles. The SMILES string of the molecule is Cc1ccc(NC(=O)N(CC(=O)N(CCc2ccccc2)Cc2ccc(C)o2)C2CCCCC2)cc1. The number of benzene rings is 2. The lowest BCUT2D eigenvalue weighted by Crippen LogP contribution is -2.49. The molecular formula is C30H37N3O3. The monoisotopic (exact) mass is 487 g/mol. The van der Waals surface area contributed by atoms with E-state index >= 15 is 0 Å². The Morgan fingerprint density at radius 3 is 2.31 bits per heavy atom. The van der Waals surface area contributed by atoms with Gasteiger partial charge in [0.25, 0.3) is 0 Å². The number of hydrogen-bond acceptors (Lipinski definition) is 3. The van der Waals surface area contributed by atoms with Gasteiger partial charge in [-0.3, -0.25) is 4.79 Å². The van der Waals surface area contributed by atoms with E-state index in [9.17, 15) is 9.59 Å². The van der Waals surface area contributed by atoms with Gasteiger partial charge in [-0.25, -0.2) is 4.79 Å². The molecule has 3 amide bonds. The van der Waals surface area contributed by atoms with E-state index in [1.165, 1.54) is 12.0 Å². The first-order chi connectivity index (χ1) is 17.5. The van der Waals surface area contributed by atoms with Gasteiger partial charge in [0.15, 0.2) is 0 Å². The van der Waals surface area contributed by atoms with Crippen molar-refractivity contribution < 1.29 is 14.0 Å². The number of nitrogens with one attached hydrogen (secondary N) is 1. The Kier molecular flexibility index (Phi) is 8.82. The van der Waals surface area contributed by atoms with E-state index in [-0.39, 0.29) is 24.5 Å². The Hall–Kier alpha value is -3.54. The molecule has 1 aliphatic carbocycles. The number of nitrogens with zero attached hydrogens (tertiary/aromatic N) is 2. The van der Waals surface area contributed by atoms with Crippen LogP contribution in [0.5, 0.6) is 0 Å². The van der Waals surface area contributed by atoms with Crippen molar-refractivity contribution in [3.8, 4) is 0 Å². The second-order valence-electron chi connectivity index (χ2n) is 9.78. The first-order valence-electron chi connectivity index (χ1n) is 13.0. The Morgan fingerprint density at radius 1 is 0.917 bits per heavy atom. The van der Waals surface area contributed by atoms with Crippen LogP contribution in [-0.4, -0.2) is 40.9 Å². The Bertz CT molecular complexity index is 1120. The standard InChI is InChI=1S/C30H37N3O3/c1-23-13-16-26(17-14-23)31-30(35)33(27-11-7-4-8-12-27)22-29(34)32(21-28-18-15-24(2)36-28)20-19-25-9-5-3-6-10-25/h3,5-6,9-10,13-18,27H,4,7-8,11-12,19-22H2,1-2H3,(H,31,35). The van der Waals surface area contributed by atoms with Crippen LogP contribution >= 0.6 is 0 Å². The summed E-state index contributed by atoms with van der Waals surface area (Å²) in [7, 11) is 0. The van der Waals surface area contributed by atoms with E-state index < -0.39 is 0 Å². The zero-order valence-electron chi connectivity index (χ0n) is 21.4. The third-order valence-corrected chi connectivity index (χ3v) is 6.89. The van der Waals surface area contributed by atoms with Gasteiger partial charge in [0.2, 0.25) is 5.91 Å². The smallest absolute Gasteiger partial charge is 0.322 e. The van der Waals surface area contributed by atoms with Crippen LogP contribution in [0.25, 0.3) is 0 Å². The second-order valence-corrected chi connectivity index (χ2v) is 9.78. The maximum atomic E-state index is 13.7. The number of hydrogen-bond donors (Lipinski definition) is 1. The number of urea groups is 1. The summed E-state index contributed by atoms with van der Waals surface area (Å²) >= 11 is 0. The molecule has 190 valence electrons. The van der Waals surface area contributed by atoms with Crippen molar-refractivity contribution in [1.29, 1.82) is 0 Å². The predicted octanol–water partition coefficient (Wildman–Crippen LogP) is 6.33. The number of aryl methyl sites for hydroxylation is 2. The molecule has 1 aliphatic rings. The van der Waals surface area contributed by atoms with Crippen molar-refractivity contribution in [3.05, 3.63) is 89.4 Å². The van der Waals surface area contributed by atoms with Crippen LogP contribution in [0, 0.1) is 13.8 Å². The molecular weight excluding hydrogens is 450 g/mol. The summed E-state index contributed by atoms with van der Waals surface area (Å²) in [5.41, 5.74) is 3.05. The molecule has 1 fully saturated rings. The van der Waals surface area contributed by atoms with Crippen molar-refractivity contribution in [2.75, 3.05) is 18.4 Å². The highest BCUT2D eigenvalue weighted by atomic mass is 16.3. The quantitative estimate of drug-likeness (QED) is 0.383. The zero-order chi connectivity index (χ0) is 25.3. The van der Waals surface area contributed by atoms with Crippen molar-refractivity contribution in [1.82, 2.24) is 9.80 Å². The van der Waals surface area contributed by atoms with Gasteiger partial charge in [0, 0.05) is 18.3 Å². The molecule has 0 aliphatic heterocycles. The molecule has 6 heteroatoms. The van der Waals surface area contributed by atoms with Gasteiger partial charge in [-0.1, -0.05) is 67.3 Å². The molecule has 0 saturated heterocycles. The summed E-state index contributed by atoms with van der Waals surface area (Å²) in [6.45, 7) is 4.91. The van der Waals surface area contributed by atoms with Crippen molar-refractivity contribution in [2.24, 2.45) is 0 Å². The molecule has 6 nitrogen and oxygen atoms in total. The summed E-state index contributed by atoms with van der Waals surface area (Å²) in [5.74, 6) is 1.51. The zero-order valence-corrected chi connectivity index (χ0v) is 21.4. The minimum atomic E-state index is -0.212. The molecule has 1 heterocycles. The van der Waals surface area contributed by atoms with E-state index in [2.05, 4.69) is 17.4 Å². The molecule has 36 heavy (non-hydrogen) atoms. The maximum absolute atomic E-state index is 13.7. The molecule has 0 radical (unpaired) electrons. The van der Waals surface area contributed by atoms with Gasteiger partial charge < -0.3 is 19.5 Å². The fraction of sp³-hybridized carbons (Fsp3) is 0.400. The lowest BCUT2D eigenvalue weighted by molar-refractivity contribution is -0.133. The Balaban J connectivity index is 1.50. The van der Waals surface area contributed by atoms with E-state index in [0.717, 1.165) is 54.9 Å². The van der Waals surface area contributed by atoms with Gasteiger partial charge in [-0.2, -0.15) is 0 Å². The summed E-state index contributed by atoms with van der Waals surface area (Å²) in [6, 6.07) is 21.6. The number of carbonyl (C=O) groups excluding carboxylic acids is 2. The van der Waals surface area contributed by atoms with Gasteiger partial charge in [-0.15, -0.1) is 0 Å². The molecule has 0 spiro atoms. The highest BCUT2D eigenvalue weighted by Crippen LogP contribution is 2.24. The van der Waals surface area contributed by atoms with Crippen molar-refractivity contribution in [2.45, 2.75) is 65.0 Å². The first-order valence-corrected chi connectivity index (χ1v) is 13.0. The lowest BCUT2D eigenvalue weighted by Gasteiger charge is -2.35. The lowest BCUT2D eigenvalue weighted by atomic mass is 9.94. The second kappa shape index (κ2) is 12.4. The number of anilines is 1. The molecule has 0 bridgehead atoms. The third kappa shape index (κ3) is 7.23. The summed E-state index contributed by atoms with van der Waals surface area (Å²) in [6.07, 6.45) is 5.93. The number of rotatable bonds is 9. The van der Waals surface area contributed by atoms with Crippen LogP contribution in [0.15, 0.2) is 71.1 Å². The first kappa shape index (κ1) is 25.5. The average Bonchev–Trinajstić information content (AvgIpc) is 3.31. The van der Waals surface area contributed by atoms with Gasteiger partial charge in [-0.05, 0) is 62.9 Å². The molecule has 3 aromatic rings. The Labute approximate surface area is 214 Å². The van der Waals surface area contributed by atoms with Gasteiger partial charge in [0.05, 0.1) is 6.54 Å². The minimum absolute atomic E-state index is 0.0524. The van der Waals surface area contributed by atoms with Crippen LogP contribution < -0.4 is 5.32 Å². The number of furan rings is 1. The topological polar surface area (TPSA) is 65.8 Å². The average molecular weight is 488 g/mol. The Morgan fingerprint density at radius 2 is 1.64 bits per heavy atom. The van der Waals surface area contributed by atoms with Gasteiger partial charge in [0.1, 0.15) is 18.1 Å². The van der Waals surface area contributed by atoms with E-state index in [4.69, 9.17) is 4.42 Å². The minimum Gasteiger partial charge on any atom is -0.464 e. The fourth-order valence-corrected chi connectivity index (χ4v) is 4.80. The van der Waals surface area contributed by atoms with E-state index in [0.29, 0.717) is 13.1 Å². The molecule has 1 aromatic heterocycles. The fourth-order valence-electron chi connectivity index (χ4n) is 4.80. The summed E-state index contributed by atoms with van der Waals surface area (Å²) < 4.78 is 5.79.